The number of carbonyl (C=O) groups is 1. The fourth-order valence-electron chi connectivity index (χ4n) is 2.01. The minimum atomic E-state index is -0.00384. The molecule has 1 heterocycles. The van der Waals surface area contributed by atoms with Gasteiger partial charge in [-0.05, 0) is 12.8 Å². The third-order valence-electron chi connectivity index (χ3n) is 3.10. The van der Waals surface area contributed by atoms with Gasteiger partial charge in [0.15, 0.2) is 0 Å². The summed E-state index contributed by atoms with van der Waals surface area (Å²) in [6.45, 7) is 7.82. The van der Waals surface area contributed by atoms with Crippen molar-refractivity contribution < 1.29 is 4.79 Å². The van der Waals surface area contributed by atoms with Crippen LogP contribution in [0.25, 0.3) is 0 Å². The zero-order valence-corrected chi connectivity index (χ0v) is 10.8. The zero-order valence-electron chi connectivity index (χ0n) is 10.8. The predicted molar refractivity (Wildman–Crippen MR) is 66.5 cm³/mol. The number of nitrogens with zero attached hydrogens (tertiary/aromatic N) is 3. The molecule has 5 nitrogen and oxygen atoms in total. The van der Waals surface area contributed by atoms with Crippen LogP contribution in [-0.4, -0.2) is 54.6 Å². The zero-order chi connectivity index (χ0) is 12.7. The van der Waals surface area contributed by atoms with Crippen LogP contribution in [0, 0.1) is 11.3 Å². The Morgan fingerprint density at radius 2 is 2.00 bits per heavy atom. The van der Waals surface area contributed by atoms with E-state index < -0.39 is 0 Å². The van der Waals surface area contributed by atoms with Gasteiger partial charge in [0.05, 0.1) is 12.1 Å². The number of urea groups is 1. The lowest BCUT2D eigenvalue weighted by Crippen LogP contribution is -2.53. The van der Waals surface area contributed by atoms with E-state index in [0.717, 1.165) is 32.5 Å². The van der Waals surface area contributed by atoms with Gasteiger partial charge in [-0.1, -0.05) is 13.8 Å². The van der Waals surface area contributed by atoms with E-state index in [4.69, 9.17) is 5.26 Å². The van der Waals surface area contributed by atoms with Crippen LogP contribution in [0.1, 0.15) is 26.7 Å². The van der Waals surface area contributed by atoms with Crippen LogP contribution in [0.5, 0.6) is 0 Å². The number of rotatable bonds is 4. The first-order chi connectivity index (χ1) is 8.22. The summed E-state index contributed by atoms with van der Waals surface area (Å²) in [5.41, 5.74) is 0. The first-order valence-electron chi connectivity index (χ1n) is 6.39. The van der Waals surface area contributed by atoms with Crippen LogP contribution in [0.15, 0.2) is 0 Å². The van der Waals surface area contributed by atoms with Crippen LogP contribution in [0.4, 0.5) is 4.79 Å². The van der Waals surface area contributed by atoms with Crippen molar-refractivity contribution in [2.45, 2.75) is 32.7 Å². The molecule has 1 aliphatic rings. The summed E-state index contributed by atoms with van der Waals surface area (Å²) in [7, 11) is 0. The van der Waals surface area contributed by atoms with E-state index >= 15 is 0 Å². The van der Waals surface area contributed by atoms with Gasteiger partial charge in [0.1, 0.15) is 0 Å². The largest absolute Gasteiger partial charge is 0.338 e. The molecule has 1 aliphatic heterocycles. The van der Waals surface area contributed by atoms with Crippen molar-refractivity contribution in [3.63, 3.8) is 0 Å². The molecular formula is C12H22N4O. The van der Waals surface area contributed by atoms with E-state index in [1.807, 2.05) is 18.7 Å². The number of amides is 2. The summed E-state index contributed by atoms with van der Waals surface area (Å²) in [6.07, 6.45) is 1.80. The summed E-state index contributed by atoms with van der Waals surface area (Å²) < 4.78 is 0. The Morgan fingerprint density at radius 1 is 1.35 bits per heavy atom. The van der Waals surface area contributed by atoms with E-state index in [1.165, 1.54) is 0 Å². The molecule has 1 fully saturated rings. The van der Waals surface area contributed by atoms with Gasteiger partial charge in [-0.15, -0.1) is 0 Å². The van der Waals surface area contributed by atoms with Crippen molar-refractivity contribution in [3.05, 3.63) is 0 Å². The SMILES string of the molecule is CCCNC(=O)N1CCN(C(C#N)CC)CC1. The molecule has 1 unspecified atom stereocenters. The second-order valence-electron chi connectivity index (χ2n) is 4.31. The van der Waals surface area contributed by atoms with Crippen molar-refractivity contribution in [2.24, 2.45) is 0 Å². The van der Waals surface area contributed by atoms with Crippen molar-refractivity contribution in [1.29, 1.82) is 5.26 Å². The Kier molecular flexibility index (Phi) is 5.78. The predicted octanol–water partition coefficient (Wildman–Crippen LogP) is 1.03. The van der Waals surface area contributed by atoms with Gasteiger partial charge < -0.3 is 10.2 Å². The third-order valence-corrected chi connectivity index (χ3v) is 3.10. The number of nitriles is 1. The average Bonchev–Trinajstić information content (AvgIpc) is 2.38. The average molecular weight is 238 g/mol. The summed E-state index contributed by atoms with van der Waals surface area (Å²) in [5, 5.41) is 11.9. The smallest absolute Gasteiger partial charge is 0.317 e. The quantitative estimate of drug-likeness (QED) is 0.795. The molecular weight excluding hydrogens is 216 g/mol. The maximum absolute atomic E-state index is 11.7. The summed E-state index contributed by atoms with van der Waals surface area (Å²) in [6, 6.07) is 2.33. The lowest BCUT2D eigenvalue weighted by atomic mass is 10.2. The minimum absolute atomic E-state index is 0.00384. The van der Waals surface area contributed by atoms with E-state index in [9.17, 15) is 4.79 Å². The molecule has 0 spiro atoms. The highest BCUT2D eigenvalue weighted by Gasteiger charge is 2.24. The Labute approximate surface area is 103 Å². The maximum atomic E-state index is 11.7. The lowest BCUT2D eigenvalue weighted by Gasteiger charge is -2.36. The molecule has 2 amide bonds. The molecule has 17 heavy (non-hydrogen) atoms. The van der Waals surface area contributed by atoms with Crippen molar-refractivity contribution >= 4 is 6.03 Å². The molecule has 0 aromatic carbocycles. The highest BCUT2D eigenvalue weighted by molar-refractivity contribution is 5.74. The molecule has 0 aromatic rings. The van der Waals surface area contributed by atoms with Gasteiger partial charge in [0.2, 0.25) is 0 Å². The number of hydrogen-bond acceptors (Lipinski definition) is 3. The molecule has 1 atom stereocenters. The van der Waals surface area contributed by atoms with E-state index in [2.05, 4.69) is 16.3 Å². The molecule has 1 N–H and O–H groups in total. The number of carbonyl (C=O) groups excluding carboxylic acids is 1. The van der Waals surface area contributed by atoms with Crippen molar-refractivity contribution in [3.8, 4) is 6.07 Å². The van der Waals surface area contributed by atoms with Crippen LogP contribution in [-0.2, 0) is 0 Å². The Balaban J connectivity index is 2.35. The van der Waals surface area contributed by atoms with Crippen LogP contribution >= 0.6 is 0 Å². The molecule has 1 rings (SSSR count). The molecule has 0 aromatic heterocycles. The number of nitrogens with one attached hydrogen (secondary N) is 1. The van der Waals surface area contributed by atoms with Gasteiger partial charge in [-0.25, -0.2) is 4.79 Å². The second kappa shape index (κ2) is 7.13. The Morgan fingerprint density at radius 3 is 2.47 bits per heavy atom. The normalized spacial score (nSPS) is 18.5. The fourth-order valence-corrected chi connectivity index (χ4v) is 2.01. The van der Waals surface area contributed by atoms with E-state index in [0.29, 0.717) is 13.1 Å². The van der Waals surface area contributed by atoms with Gasteiger partial charge in [-0.3, -0.25) is 4.90 Å². The molecule has 5 heteroatoms. The lowest BCUT2D eigenvalue weighted by molar-refractivity contribution is 0.123. The van der Waals surface area contributed by atoms with Crippen LogP contribution < -0.4 is 5.32 Å². The van der Waals surface area contributed by atoms with Crippen molar-refractivity contribution in [1.82, 2.24) is 15.1 Å². The first-order valence-corrected chi connectivity index (χ1v) is 6.39. The van der Waals surface area contributed by atoms with E-state index in [-0.39, 0.29) is 12.1 Å². The van der Waals surface area contributed by atoms with Gasteiger partial charge in [0.25, 0.3) is 0 Å². The molecule has 0 radical (unpaired) electrons. The van der Waals surface area contributed by atoms with Crippen LogP contribution in [0.3, 0.4) is 0 Å². The van der Waals surface area contributed by atoms with Gasteiger partial charge in [-0.2, -0.15) is 5.26 Å². The third kappa shape index (κ3) is 3.90. The minimum Gasteiger partial charge on any atom is -0.338 e. The topological polar surface area (TPSA) is 59.4 Å². The second-order valence-corrected chi connectivity index (χ2v) is 4.31. The van der Waals surface area contributed by atoms with E-state index in [1.54, 1.807) is 0 Å². The molecule has 0 saturated carbocycles. The molecule has 0 aliphatic carbocycles. The Hall–Kier alpha value is -1.28. The standard InChI is InChI=1S/C12H22N4O/c1-3-5-14-12(17)16-8-6-15(7-9-16)11(4-2)10-13/h11H,3-9H2,1-2H3,(H,14,17). The Bertz CT molecular complexity index is 279. The van der Waals surface area contributed by atoms with Gasteiger partial charge >= 0.3 is 6.03 Å². The summed E-state index contributed by atoms with van der Waals surface area (Å²) in [4.78, 5) is 15.7. The summed E-state index contributed by atoms with van der Waals surface area (Å²) >= 11 is 0. The molecule has 96 valence electrons. The van der Waals surface area contributed by atoms with Gasteiger partial charge in [0, 0.05) is 32.7 Å². The molecule has 0 bridgehead atoms. The highest BCUT2D eigenvalue weighted by atomic mass is 16.2. The number of hydrogen-bond donors (Lipinski definition) is 1. The number of piperazine rings is 1. The molecule has 1 saturated heterocycles. The summed E-state index contributed by atoms with van der Waals surface area (Å²) in [5.74, 6) is 0. The van der Waals surface area contributed by atoms with Crippen molar-refractivity contribution in [2.75, 3.05) is 32.7 Å². The monoisotopic (exact) mass is 238 g/mol. The van der Waals surface area contributed by atoms with Crippen LogP contribution in [0.2, 0.25) is 0 Å². The highest BCUT2D eigenvalue weighted by Crippen LogP contribution is 2.08. The fraction of sp³-hybridized carbons (Fsp3) is 0.833. The first kappa shape index (κ1) is 13.8. The maximum Gasteiger partial charge on any atom is 0.317 e.